The number of nitrogens with one attached hydrogen (secondary N) is 1. The van der Waals surface area contributed by atoms with Crippen molar-refractivity contribution < 1.29 is 30.8 Å². The minimum Gasteiger partial charge on any atom is -0.333 e. The topological polar surface area (TPSA) is 83.1 Å². The van der Waals surface area contributed by atoms with Crippen LogP contribution in [0.2, 0.25) is 0 Å². The molecule has 29 heavy (non-hydrogen) atoms. The number of hydrogen-bond acceptors (Lipinski definition) is 4. The summed E-state index contributed by atoms with van der Waals surface area (Å²) >= 11 is 0. The summed E-state index contributed by atoms with van der Waals surface area (Å²) < 4.78 is 75.1. The molecule has 1 atom stereocenters. The summed E-state index contributed by atoms with van der Waals surface area (Å²) in [5, 5.41) is 5.23. The summed E-state index contributed by atoms with van der Waals surface area (Å²) in [6.07, 6.45) is -3.84. The van der Waals surface area contributed by atoms with Crippen molar-refractivity contribution in [1.82, 2.24) is 15.1 Å². The van der Waals surface area contributed by atoms with Crippen LogP contribution in [-0.2, 0) is 22.6 Å². The Balaban J connectivity index is 1.77. The number of carbonyl (C=O) groups excluding carboxylic acids is 1. The molecule has 0 saturated carbocycles. The highest BCUT2D eigenvalue weighted by atomic mass is 32.2. The second-order valence-electron chi connectivity index (χ2n) is 7.08. The van der Waals surface area contributed by atoms with E-state index in [1.165, 1.54) is 23.1 Å². The third-order valence-corrected chi connectivity index (χ3v) is 6.62. The largest absolute Gasteiger partial charge is 0.435 e. The zero-order valence-corrected chi connectivity index (χ0v) is 16.1. The molecule has 1 N–H and O–H groups in total. The number of halogens is 4. The van der Waals surface area contributed by atoms with Gasteiger partial charge in [0.15, 0.2) is 15.5 Å². The third kappa shape index (κ3) is 5.55. The van der Waals surface area contributed by atoms with Crippen LogP contribution in [-0.4, -0.2) is 47.5 Å². The second kappa shape index (κ2) is 8.13. The van der Waals surface area contributed by atoms with E-state index in [1.54, 1.807) is 6.07 Å². The van der Waals surface area contributed by atoms with Crippen molar-refractivity contribution in [2.75, 3.05) is 18.1 Å². The number of hydrogen-bond donors (Lipinski definition) is 1. The Morgan fingerprint density at radius 1 is 1.28 bits per heavy atom. The molecule has 2 aromatic rings. The molecule has 1 aromatic heterocycles. The first-order valence-electron chi connectivity index (χ1n) is 8.90. The minimum atomic E-state index is -4.69. The van der Waals surface area contributed by atoms with E-state index in [-0.39, 0.29) is 36.2 Å². The zero-order valence-electron chi connectivity index (χ0n) is 15.2. The van der Waals surface area contributed by atoms with Crippen molar-refractivity contribution in [2.24, 2.45) is 5.92 Å². The zero-order chi connectivity index (χ0) is 21.2. The van der Waals surface area contributed by atoms with Crippen LogP contribution >= 0.6 is 0 Å². The minimum absolute atomic E-state index is 0.0251. The van der Waals surface area contributed by atoms with Crippen molar-refractivity contribution >= 4 is 15.7 Å². The summed E-state index contributed by atoms with van der Waals surface area (Å²) in [7, 11) is -3.09. The van der Waals surface area contributed by atoms with E-state index in [0.29, 0.717) is 24.5 Å². The van der Waals surface area contributed by atoms with Gasteiger partial charge in [0.25, 0.3) is 5.91 Å². The number of H-pyrrole nitrogens is 1. The maximum absolute atomic E-state index is 13.5. The normalized spacial score (nSPS) is 18.7. The first-order chi connectivity index (χ1) is 13.5. The van der Waals surface area contributed by atoms with Gasteiger partial charge in [-0.1, -0.05) is 12.1 Å². The van der Waals surface area contributed by atoms with Crippen molar-refractivity contribution in [3.05, 3.63) is 53.1 Å². The summed E-state index contributed by atoms with van der Waals surface area (Å²) in [6, 6.07) is 6.16. The summed E-state index contributed by atoms with van der Waals surface area (Å²) in [5.74, 6) is -1.24. The first-order valence-corrected chi connectivity index (χ1v) is 10.7. The maximum Gasteiger partial charge on any atom is 0.435 e. The smallest absolute Gasteiger partial charge is 0.333 e. The number of amides is 1. The van der Waals surface area contributed by atoms with E-state index in [1.807, 2.05) is 0 Å². The fourth-order valence-electron chi connectivity index (χ4n) is 3.29. The molecule has 1 saturated heterocycles. The summed E-state index contributed by atoms with van der Waals surface area (Å²) in [5.41, 5.74) is -1.09. The Kier molecular flexibility index (Phi) is 5.97. The molecule has 3 rings (SSSR count). The summed E-state index contributed by atoms with van der Waals surface area (Å²) in [6.45, 7) is 0.0896. The number of aromatic amines is 1. The molecule has 0 aliphatic carbocycles. The number of sulfone groups is 1. The van der Waals surface area contributed by atoms with E-state index in [9.17, 15) is 30.8 Å². The van der Waals surface area contributed by atoms with Gasteiger partial charge in [-0.15, -0.1) is 0 Å². The van der Waals surface area contributed by atoms with Crippen LogP contribution in [0, 0.1) is 11.7 Å². The van der Waals surface area contributed by atoms with Crippen molar-refractivity contribution in [3.63, 3.8) is 0 Å². The molecule has 1 aliphatic rings. The SMILES string of the molecule is O=C(c1cc(C(F)(F)F)n[nH]1)N(CCC1CCS(=O)(=O)C1)Cc1cccc(F)c1. The molecule has 2 heterocycles. The quantitative estimate of drug-likeness (QED) is 0.710. The molecule has 0 bridgehead atoms. The second-order valence-corrected chi connectivity index (χ2v) is 9.31. The van der Waals surface area contributed by atoms with Gasteiger partial charge in [0.1, 0.15) is 11.5 Å². The average Bonchev–Trinajstić information content (AvgIpc) is 3.24. The highest BCUT2D eigenvalue weighted by Gasteiger charge is 2.35. The molecule has 1 unspecified atom stereocenters. The number of benzene rings is 1. The van der Waals surface area contributed by atoms with E-state index >= 15 is 0 Å². The molecular weight excluding hydrogens is 414 g/mol. The van der Waals surface area contributed by atoms with Crippen LogP contribution < -0.4 is 0 Å². The van der Waals surface area contributed by atoms with Crippen molar-refractivity contribution in [3.8, 4) is 0 Å². The highest BCUT2D eigenvalue weighted by Crippen LogP contribution is 2.28. The predicted octanol–water partition coefficient (Wildman–Crippen LogP) is 3.03. The monoisotopic (exact) mass is 433 g/mol. The van der Waals surface area contributed by atoms with Crippen molar-refractivity contribution in [1.29, 1.82) is 0 Å². The molecule has 1 aromatic carbocycles. The summed E-state index contributed by atoms with van der Waals surface area (Å²) in [4.78, 5) is 14.1. The fraction of sp³-hybridized carbons (Fsp3) is 0.444. The van der Waals surface area contributed by atoms with E-state index in [2.05, 4.69) is 10.2 Å². The van der Waals surface area contributed by atoms with Crippen LogP contribution in [0.5, 0.6) is 0 Å². The predicted molar refractivity (Wildman–Crippen MR) is 96.1 cm³/mol. The van der Waals surface area contributed by atoms with Crippen LogP contribution in [0.15, 0.2) is 30.3 Å². The molecular formula is C18H19F4N3O3S. The molecule has 11 heteroatoms. The Morgan fingerprint density at radius 3 is 2.62 bits per heavy atom. The van der Waals surface area contributed by atoms with E-state index < -0.39 is 33.4 Å². The van der Waals surface area contributed by atoms with E-state index in [0.717, 1.165) is 0 Å². The number of aromatic nitrogens is 2. The molecule has 0 radical (unpaired) electrons. The lowest BCUT2D eigenvalue weighted by molar-refractivity contribution is -0.141. The number of carbonyl (C=O) groups is 1. The number of rotatable bonds is 6. The van der Waals surface area contributed by atoms with Gasteiger partial charge in [-0.05, 0) is 36.5 Å². The lowest BCUT2D eigenvalue weighted by Crippen LogP contribution is -2.33. The lowest BCUT2D eigenvalue weighted by atomic mass is 10.0. The van der Waals surface area contributed by atoms with Crippen LogP contribution in [0.1, 0.15) is 34.6 Å². The molecule has 6 nitrogen and oxygen atoms in total. The Labute approximate surface area is 164 Å². The van der Waals surface area contributed by atoms with Crippen LogP contribution in [0.4, 0.5) is 17.6 Å². The van der Waals surface area contributed by atoms with Gasteiger partial charge in [-0.3, -0.25) is 9.89 Å². The van der Waals surface area contributed by atoms with Gasteiger partial charge in [0.2, 0.25) is 0 Å². The lowest BCUT2D eigenvalue weighted by Gasteiger charge is -2.23. The Bertz CT molecular complexity index is 988. The highest BCUT2D eigenvalue weighted by molar-refractivity contribution is 7.91. The average molecular weight is 433 g/mol. The molecule has 0 spiro atoms. The molecule has 158 valence electrons. The fourth-order valence-corrected chi connectivity index (χ4v) is 5.20. The van der Waals surface area contributed by atoms with Gasteiger partial charge >= 0.3 is 6.18 Å². The Morgan fingerprint density at radius 2 is 2.03 bits per heavy atom. The van der Waals surface area contributed by atoms with Crippen LogP contribution in [0.25, 0.3) is 0 Å². The third-order valence-electron chi connectivity index (χ3n) is 4.78. The molecule has 1 fully saturated rings. The Hall–Kier alpha value is -2.43. The molecule has 1 amide bonds. The van der Waals surface area contributed by atoms with Crippen molar-refractivity contribution in [2.45, 2.75) is 25.6 Å². The van der Waals surface area contributed by atoms with E-state index in [4.69, 9.17) is 0 Å². The molecule has 1 aliphatic heterocycles. The number of alkyl halides is 3. The van der Waals surface area contributed by atoms with Gasteiger partial charge in [0.05, 0.1) is 11.5 Å². The van der Waals surface area contributed by atoms with Gasteiger partial charge < -0.3 is 4.90 Å². The van der Waals surface area contributed by atoms with Gasteiger partial charge in [-0.2, -0.15) is 18.3 Å². The van der Waals surface area contributed by atoms with Gasteiger partial charge in [0, 0.05) is 19.2 Å². The standard InChI is InChI=1S/C18H19F4N3O3S/c19-14-3-1-2-13(8-14)10-25(6-4-12-5-7-29(27,28)11-12)17(26)15-9-16(24-23-15)18(20,21)22/h1-3,8-9,12H,4-7,10-11H2,(H,23,24). The first kappa shape index (κ1) is 21.3. The number of nitrogens with zero attached hydrogens (tertiary/aromatic N) is 2. The maximum atomic E-state index is 13.5. The van der Waals surface area contributed by atoms with Crippen LogP contribution in [0.3, 0.4) is 0 Å². The van der Waals surface area contributed by atoms with Gasteiger partial charge in [-0.25, -0.2) is 12.8 Å².